The van der Waals surface area contributed by atoms with Gasteiger partial charge in [-0.05, 0) is 12.1 Å². The van der Waals surface area contributed by atoms with Crippen LogP contribution in [0.2, 0.25) is 5.02 Å². The zero-order valence-electron chi connectivity index (χ0n) is 8.35. The highest BCUT2D eigenvalue weighted by atomic mass is 35.5. The maximum Gasteiger partial charge on any atom is 0.308 e. The first-order valence-electron chi connectivity index (χ1n) is 5.03. The maximum atomic E-state index is 10.9. The number of carboxylic acids is 1. The number of hydrogen-bond donors (Lipinski definition) is 1. The summed E-state index contributed by atoms with van der Waals surface area (Å²) in [7, 11) is 0. The molecule has 0 saturated heterocycles. The van der Waals surface area contributed by atoms with Gasteiger partial charge in [0.2, 0.25) is 0 Å². The fraction of sp³-hybridized carbons (Fsp3) is 0.273. The number of hydrogen-bond acceptors (Lipinski definition) is 2. The highest BCUT2D eigenvalue weighted by Gasteiger charge is 2.30. The lowest BCUT2D eigenvalue weighted by atomic mass is 10.1. The second-order valence-corrected chi connectivity index (χ2v) is 4.39. The van der Waals surface area contributed by atoms with E-state index in [0.29, 0.717) is 18.0 Å². The topological polar surface area (TPSA) is 55.1 Å². The average Bonchev–Trinajstić information content (AvgIpc) is 2.73. The largest absolute Gasteiger partial charge is 0.481 e. The summed E-state index contributed by atoms with van der Waals surface area (Å²) in [5.74, 6) is -0.329. The summed E-state index contributed by atoms with van der Waals surface area (Å²) in [6, 6.07) is 5.54. The van der Waals surface area contributed by atoms with Gasteiger partial charge in [-0.3, -0.25) is 4.79 Å². The summed E-state index contributed by atoms with van der Waals surface area (Å²) < 4.78 is 1.91. The number of aliphatic carboxylic acids is 1. The molecule has 0 radical (unpaired) electrons. The van der Waals surface area contributed by atoms with Crippen LogP contribution >= 0.6 is 11.6 Å². The number of aromatic nitrogens is 2. The molecule has 16 heavy (non-hydrogen) atoms. The summed E-state index contributed by atoms with van der Waals surface area (Å²) in [6.45, 7) is 0.463. The van der Waals surface area contributed by atoms with Crippen LogP contribution < -0.4 is 0 Å². The second kappa shape index (κ2) is 3.22. The van der Waals surface area contributed by atoms with Crippen LogP contribution in [0.25, 0.3) is 11.0 Å². The molecule has 1 N–H and O–H groups in total. The highest BCUT2D eigenvalue weighted by Crippen LogP contribution is 2.30. The second-order valence-electron chi connectivity index (χ2n) is 3.99. The number of halogens is 1. The molecule has 1 aromatic heterocycles. The Labute approximate surface area is 96.5 Å². The van der Waals surface area contributed by atoms with Gasteiger partial charge < -0.3 is 9.67 Å². The van der Waals surface area contributed by atoms with Crippen LogP contribution in [-0.4, -0.2) is 20.6 Å². The first-order valence-corrected chi connectivity index (χ1v) is 5.41. The lowest BCUT2D eigenvalue weighted by Gasteiger charge is -2.03. The zero-order chi connectivity index (χ0) is 11.3. The van der Waals surface area contributed by atoms with E-state index in [4.69, 9.17) is 16.7 Å². The molecule has 0 amide bonds. The molecule has 1 atom stereocenters. The number of benzene rings is 1. The Kier molecular flexibility index (Phi) is 1.94. The minimum absolute atomic E-state index is 0.372. The lowest BCUT2D eigenvalue weighted by Crippen LogP contribution is -2.14. The minimum Gasteiger partial charge on any atom is -0.481 e. The Balaban J connectivity index is 2.17. The van der Waals surface area contributed by atoms with Crippen molar-refractivity contribution in [2.75, 3.05) is 0 Å². The number of carbonyl (C=O) groups is 1. The molecule has 5 heteroatoms. The van der Waals surface area contributed by atoms with E-state index in [9.17, 15) is 4.79 Å². The number of nitrogens with zero attached hydrogens (tertiary/aromatic N) is 2. The van der Waals surface area contributed by atoms with Crippen molar-refractivity contribution in [3.05, 3.63) is 29.0 Å². The predicted molar refractivity (Wildman–Crippen MR) is 59.6 cm³/mol. The van der Waals surface area contributed by atoms with Gasteiger partial charge in [-0.15, -0.1) is 0 Å². The molecule has 2 heterocycles. The van der Waals surface area contributed by atoms with E-state index in [0.717, 1.165) is 16.9 Å². The van der Waals surface area contributed by atoms with Gasteiger partial charge in [-0.2, -0.15) is 0 Å². The number of carboxylic acid groups (broad SMARTS) is 1. The Morgan fingerprint density at radius 3 is 3.12 bits per heavy atom. The summed E-state index contributed by atoms with van der Waals surface area (Å²) in [4.78, 5) is 15.3. The molecule has 1 aliphatic heterocycles. The third kappa shape index (κ3) is 1.23. The fourth-order valence-electron chi connectivity index (χ4n) is 2.21. The highest BCUT2D eigenvalue weighted by molar-refractivity contribution is 6.35. The van der Waals surface area contributed by atoms with Crippen LogP contribution in [-0.2, 0) is 17.8 Å². The molecule has 3 rings (SSSR count). The smallest absolute Gasteiger partial charge is 0.308 e. The molecular formula is C11H9ClN2O2. The average molecular weight is 237 g/mol. The van der Waals surface area contributed by atoms with Crippen LogP contribution in [0.5, 0.6) is 0 Å². The number of para-hydroxylation sites is 1. The minimum atomic E-state index is -0.772. The Bertz CT molecular complexity index is 591. The van der Waals surface area contributed by atoms with E-state index in [2.05, 4.69) is 4.98 Å². The van der Waals surface area contributed by atoms with Crippen LogP contribution in [0, 0.1) is 5.92 Å². The first-order chi connectivity index (χ1) is 7.66. The van der Waals surface area contributed by atoms with Crippen LogP contribution in [0.15, 0.2) is 18.2 Å². The standard InChI is InChI=1S/C11H9ClN2O2/c12-7-2-1-3-8-10(7)14-5-6(11(15)16)4-9(14)13-8/h1-3,6H,4-5H2,(H,15,16). The number of imidazole rings is 1. The third-order valence-corrected chi connectivity index (χ3v) is 3.28. The SMILES string of the molecule is O=C(O)C1Cc2nc3cccc(Cl)c3n2C1. The van der Waals surface area contributed by atoms with Crippen molar-refractivity contribution < 1.29 is 9.90 Å². The molecule has 82 valence electrons. The molecule has 4 nitrogen and oxygen atoms in total. The maximum absolute atomic E-state index is 10.9. The van der Waals surface area contributed by atoms with Crippen molar-refractivity contribution in [2.24, 2.45) is 5.92 Å². The van der Waals surface area contributed by atoms with E-state index in [1.54, 1.807) is 6.07 Å². The monoisotopic (exact) mass is 236 g/mol. The van der Waals surface area contributed by atoms with Gasteiger partial charge in [0.15, 0.2) is 0 Å². The quantitative estimate of drug-likeness (QED) is 0.823. The van der Waals surface area contributed by atoms with Crippen molar-refractivity contribution in [1.82, 2.24) is 9.55 Å². The predicted octanol–water partition coefficient (Wildman–Crippen LogP) is 1.95. The van der Waals surface area contributed by atoms with Crippen molar-refractivity contribution >= 4 is 28.6 Å². The molecule has 2 aromatic rings. The summed E-state index contributed by atoms with van der Waals surface area (Å²) >= 11 is 6.10. The van der Waals surface area contributed by atoms with Crippen molar-refractivity contribution in [3.8, 4) is 0 Å². The lowest BCUT2D eigenvalue weighted by molar-refractivity contribution is -0.141. The Morgan fingerprint density at radius 2 is 2.38 bits per heavy atom. The van der Waals surface area contributed by atoms with Gasteiger partial charge >= 0.3 is 5.97 Å². The van der Waals surface area contributed by atoms with E-state index in [1.807, 2.05) is 16.7 Å². The molecule has 0 bridgehead atoms. The molecule has 0 aliphatic carbocycles. The molecule has 0 fully saturated rings. The molecule has 0 saturated carbocycles. The van der Waals surface area contributed by atoms with Crippen LogP contribution in [0.1, 0.15) is 5.82 Å². The number of fused-ring (bicyclic) bond motifs is 3. The molecule has 1 unspecified atom stereocenters. The molecule has 1 aromatic carbocycles. The van der Waals surface area contributed by atoms with Gasteiger partial charge in [-0.1, -0.05) is 17.7 Å². The van der Waals surface area contributed by atoms with Gasteiger partial charge in [0, 0.05) is 13.0 Å². The fourth-order valence-corrected chi connectivity index (χ4v) is 2.48. The number of rotatable bonds is 1. The van der Waals surface area contributed by atoms with Crippen LogP contribution in [0.3, 0.4) is 0 Å². The van der Waals surface area contributed by atoms with E-state index in [-0.39, 0.29) is 5.92 Å². The van der Waals surface area contributed by atoms with Gasteiger partial charge in [0.25, 0.3) is 0 Å². The molecular weight excluding hydrogens is 228 g/mol. The third-order valence-electron chi connectivity index (χ3n) is 2.98. The van der Waals surface area contributed by atoms with E-state index < -0.39 is 5.97 Å². The van der Waals surface area contributed by atoms with Crippen LogP contribution in [0.4, 0.5) is 0 Å². The summed E-state index contributed by atoms with van der Waals surface area (Å²) in [5, 5.41) is 9.60. The van der Waals surface area contributed by atoms with E-state index >= 15 is 0 Å². The molecule has 1 aliphatic rings. The van der Waals surface area contributed by atoms with Gasteiger partial charge in [-0.25, -0.2) is 4.98 Å². The van der Waals surface area contributed by atoms with Crippen molar-refractivity contribution in [3.63, 3.8) is 0 Å². The van der Waals surface area contributed by atoms with Gasteiger partial charge in [0.05, 0.1) is 22.0 Å². The Morgan fingerprint density at radius 1 is 1.56 bits per heavy atom. The molecule has 0 spiro atoms. The zero-order valence-corrected chi connectivity index (χ0v) is 9.11. The van der Waals surface area contributed by atoms with Crippen molar-refractivity contribution in [1.29, 1.82) is 0 Å². The van der Waals surface area contributed by atoms with E-state index in [1.165, 1.54) is 0 Å². The normalized spacial score (nSPS) is 18.9. The van der Waals surface area contributed by atoms with Crippen molar-refractivity contribution in [2.45, 2.75) is 13.0 Å². The first kappa shape index (κ1) is 9.66. The summed E-state index contributed by atoms with van der Waals surface area (Å²) in [5.41, 5.74) is 1.69. The summed E-state index contributed by atoms with van der Waals surface area (Å²) in [6.07, 6.45) is 0.486. The Hall–Kier alpha value is -1.55. The van der Waals surface area contributed by atoms with Gasteiger partial charge in [0.1, 0.15) is 5.82 Å².